The predicted octanol–water partition coefficient (Wildman–Crippen LogP) is 4.39. The number of ether oxygens (including phenoxy) is 3. The molecule has 1 aliphatic rings. The first kappa shape index (κ1) is 28.6. The van der Waals surface area contributed by atoms with E-state index >= 15 is 0 Å². The van der Waals surface area contributed by atoms with E-state index in [1.807, 2.05) is 36.4 Å². The first-order chi connectivity index (χ1) is 20.4. The molecule has 2 heterocycles. The summed E-state index contributed by atoms with van der Waals surface area (Å²) in [5.41, 5.74) is 3.15. The molecule has 5 rings (SSSR count). The molecule has 8 nitrogen and oxygen atoms in total. The van der Waals surface area contributed by atoms with Crippen molar-refractivity contribution in [2.75, 3.05) is 20.8 Å². The Labute approximate surface area is 246 Å². The fraction of sp³-hybridized carbons (Fsp3) is 0.182. The van der Waals surface area contributed by atoms with Crippen LogP contribution in [-0.4, -0.2) is 36.5 Å². The monoisotopic (exact) mass is 582 g/mol. The van der Waals surface area contributed by atoms with Crippen LogP contribution in [0.2, 0.25) is 0 Å². The smallest absolute Gasteiger partial charge is 0.338 e. The van der Waals surface area contributed by atoms with E-state index < -0.39 is 12.0 Å². The molecule has 0 bridgehead atoms. The largest absolute Gasteiger partial charge is 0.508 e. The molecule has 1 N–H and O–H groups in total. The summed E-state index contributed by atoms with van der Waals surface area (Å²) < 4.78 is 18.5. The van der Waals surface area contributed by atoms with Crippen LogP contribution in [-0.2, 0) is 16.0 Å². The molecule has 0 saturated heterocycles. The SMILES string of the molecule is C=CCc1cc(/C=c2/sc3n(c2=O)[C@@H](c2ccc(OC)c(OC)c2)C(C(=O)OCC)=C(c2ccccc2)N=3)ccc1O. The summed E-state index contributed by atoms with van der Waals surface area (Å²) in [5.74, 6) is 0.564. The highest BCUT2D eigenvalue weighted by Crippen LogP contribution is 2.38. The van der Waals surface area contributed by atoms with E-state index in [1.54, 1.807) is 56.5 Å². The Kier molecular flexibility index (Phi) is 8.40. The van der Waals surface area contributed by atoms with E-state index in [4.69, 9.17) is 19.2 Å². The van der Waals surface area contributed by atoms with Crippen LogP contribution in [0.1, 0.15) is 35.2 Å². The highest BCUT2D eigenvalue weighted by atomic mass is 32.1. The molecule has 0 fully saturated rings. The average molecular weight is 583 g/mol. The van der Waals surface area contributed by atoms with Crippen LogP contribution in [0.25, 0.3) is 11.8 Å². The third-order valence-electron chi connectivity index (χ3n) is 6.86. The van der Waals surface area contributed by atoms with Gasteiger partial charge in [-0.15, -0.1) is 6.58 Å². The number of fused-ring (bicyclic) bond motifs is 1. The number of phenolic OH excluding ortho intramolecular Hbond substituents is 1. The summed E-state index contributed by atoms with van der Waals surface area (Å²) in [4.78, 5) is 33.1. The van der Waals surface area contributed by atoms with Crippen LogP contribution in [0.5, 0.6) is 17.2 Å². The van der Waals surface area contributed by atoms with Crippen LogP contribution in [0.4, 0.5) is 0 Å². The number of phenols is 1. The molecule has 0 aliphatic carbocycles. The van der Waals surface area contributed by atoms with E-state index in [0.717, 1.165) is 11.1 Å². The zero-order valence-electron chi connectivity index (χ0n) is 23.5. The lowest BCUT2D eigenvalue weighted by Gasteiger charge is -2.26. The van der Waals surface area contributed by atoms with Gasteiger partial charge in [-0.25, -0.2) is 9.79 Å². The average Bonchev–Trinajstić information content (AvgIpc) is 3.32. The summed E-state index contributed by atoms with van der Waals surface area (Å²) >= 11 is 1.23. The topological polar surface area (TPSA) is 99.4 Å². The Morgan fingerprint density at radius 1 is 1.07 bits per heavy atom. The molecule has 4 aromatic rings. The predicted molar refractivity (Wildman–Crippen MR) is 163 cm³/mol. The van der Waals surface area contributed by atoms with Gasteiger partial charge in [0.15, 0.2) is 16.3 Å². The van der Waals surface area contributed by atoms with Gasteiger partial charge in [-0.2, -0.15) is 0 Å². The number of carbonyl (C=O) groups is 1. The molecule has 1 atom stereocenters. The maximum atomic E-state index is 14.1. The molecule has 0 unspecified atom stereocenters. The number of carbonyl (C=O) groups excluding carboxylic acids is 1. The van der Waals surface area contributed by atoms with Crippen molar-refractivity contribution >= 4 is 29.1 Å². The van der Waals surface area contributed by atoms with Crippen LogP contribution >= 0.6 is 11.3 Å². The highest BCUT2D eigenvalue weighted by molar-refractivity contribution is 7.07. The molecule has 9 heteroatoms. The Hall–Kier alpha value is -4.89. The molecular weight excluding hydrogens is 552 g/mol. The molecule has 0 radical (unpaired) electrons. The van der Waals surface area contributed by atoms with Crippen molar-refractivity contribution in [1.82, 2.24) is 4.57 Å². The number of nitrogens with zero attached hydrogens (tertiary/aromatic N) is 2. The third kappa shape index (κ3) is 5.38. The standard InChI is InChI=1S/C33H30N2O6S/c1-5-10-22-17-20(13-15-24(22)36)18-27-31(37)35-30(23-14-16-25(39-3)26(19-23)40-4)28(32(38)41-6-2)29(34-33(35)42-27)21-11-8-7-9-12-21/h5,7-9,11-19,30,36H,1,6,10H2,2-4H3/b27-18+/t30-/m0/s1. The first-order valence-electron chi connectivity index (χ1n) is 13.3. The van der Waals surface area contributed by atoms with Crippen molar-refractivity contribution < 1.29 is 24.1 Å². The lowest BCUT2D eigenvalue weighted by atomic mass is 9.93. The van der Waals surface area contributed by atoms with Crippen molar-refractivity contribution in [3.05, 3.63) is 127 Å². The number of aromatic nitrogens is 1. The molecule has 42 heavy (non-hydrogen) atoms. The summed E-state index contributed by atoms with van der Waals surface area (Å²) in [6, 6.07) is 19.0. The highest BCUT2D eigenvalue weighted by Gasteiger charge is 2.35. The Balaban J connectivity index is 1.82. The molecule has 1 aromatic heterocycles. The zero-order chi connectivity index (χ0) is 29.8. The number of thiazole rings is 1. The fourth-order valence-electron chi connectivity index (χ4n) is 4.94. The van der Waals surface area contributed by atoms with Crippen LogP contribution in [0.15, 0.2) is 94.7 Å². The third-order valence-corrected chi connectivity index (χ3v) is 7.85. The number of esters is 1. The van der Waals surface area contributed by atoms with Crippen LogP contribution < -0.4 is 24.4 Å². The van der Waals surface area contributed by atoms with Crippen LogP contribution in [0.3, 0.4) is 0 Å². The maximum absolute atomic E-state index is 14.1. The second-order valence-electron chi connectivity index (χ2n) is 9.43. The summed E-state index contributed by atoms with van der Waals surface area (Å²) in [5, 5.41) is 10.2. The van der Waals surface area contributed by atoms with Gasteiger partial charge in [0.2, 0.25) is 0 Å². The number of methoxy groups -OCH3 is 2. The van der Waals surface area contributed by atoms with Gasteiger partial charge in [-0.3, -0.25) is 9.36 Å². The quantitative estimate of drug-likeness (QED) is 0.232. The normalized spacial score (nSPS) is 14.6. The zero-order valence-corrected chi connectivity index (χ0v) is 24.3. The van der Waals surface area contributed by atoms with Gasteiger partial charge in [0, 0.05) is 5.56 Å². The van der Waals surface area contributed by atoms with E-state index in [1.165, 1.54) is 23.0 Å². The molecule has 3 aromatic carbocycles. The minimum atomic E-state index is -0.853. The van der Waals surface area contributed by atoms with Gasteiger partial charge >= 0.3 is 5.97 Å². The van der Waals surface area contributed by atoms with Crippen molar-refractivity contribution in [2.45, 2.75) is 19.4 Å². The second kappa shape index (κ2) is 12.3. The van der Waals surface area contributed by atoms with Gasteiger partial charge in [0.1, 0.15) is 5.75 Å². The number of hydrogen-bond donors (Lipinski definition) is 1. The molecule has 0 saturated carbocycles. The summed E-state index contributed by atoms with van der Waals surface area (Å²) in [6.07, 6.45) is 3.95. The van der Waals surface area contributed by atoms with Gasteiger partial charge in [-0.1, -0.05) is 59.9 Å². The van der Waals surface area contributed by atoms with Crippen molar-refractivity contribution in [3.63, 3.8) is 0 Å². The number of hydrogen-bond acceptors (Lipinski definition) is 8. The van der Waals surface area contributed by atoms with E-state index in [-0.39, 0.29) is 23.5 Å². The Morgan fingerprint density at radius 2 is 1.83 bits per heavy atom. The summed E-state index contributed by atoms with van der Waals surface area (Å²) in [7, 11) is 3.07. The van der Waals surface area contributed by atoms with Gasteiger partial charge in [-0.05, 0) is 60.4 Å². The van der Waals surface area contributed by atoms with Gasteiger partial charge < -0.3 is 19.3 Å². The first-order valence-corrected chi connectivity index (χ1v) is 14.1. The van der Waals surface area contributed by atoms with Crippen molar-refractivity contribution in [3.8, 4) is 17.2 Å². The maximum Gasteiger partial charge on any atom is 0.338 e. The van der Waals surface area contributed by atoms with E-state index in [9.17, 15) is 14.7 Å². The summed E-state index contributed by atoms with van der Waals surface area (Å²) in [6.45, 7) is 5.64. The minimum absolute atomic E-state index is 0.154. The fourth-order valence-corrected chi connectivity index (χ4v) is 5.95. The van der Waals surface area contributed by atoms with Crippen LogP contribution in [0, 0.1) is 0 Å². The van der Waals surface area contributed by atoms with Gasteiger partial charge in [0.25, 0.3) is 5.56 Å². The molecule has 214 valence electrons. The number of rotatable bonds is 9. The van der Waals surface area contributed by atoms with Crippen molar-refractivity contribution in [2.24, 2.45) is 4.99 Å². The lowest BCUT2D eigenvalue weighted by Crippen LogP contribution is -2.40. The van der Waals surface area contributed by atoms with Crippen molar-refractivity contribution in [1.29, 1.82) is 0 Å². The molecule has 1 aliphatic heterocycles. The lowest BCUT2D eigenvalue weighted by molar-refractivity contribution is -0.138. The number of benzene rings is 3. The number of aromatic hydroxyl groups is 1. The van der Waals surface area contributed by atoms with Gasteiger partial charge in [0.05, 0.1) is 42.7 Å². The second-order valence-corrected chi connectivity index (χ2v) is 10.4. The number of allylic oxidation sites excluding steroid dienone is 1. The van der Waals surface area contributed by atoms with E-state index in [2.05, 4.69) is 6.58 Å². The molecule has 0 amide bonds. The molecule has 0 spiro atoms. The van der Waals surface area contributed by atoms with E-state index in [0.29, 0.717) is 44.1 Å². The minimum Gasteiger partial charge on any atom is -0.508 e. The molecular formula is C33H30N2O6S. The Bertz CT molecular complexity index is 1870. The Morgan fingerprint density at radius 3 is 2.52 bits per heavy atom.